The van der Waals surface area contributed by atoms with Crippen LogP contribution in [0.1, 0.15) is 46.0 Å². The Morgan fingerprint density at radius 1 is 1.50 bits per heavy atom. The summed E-state index contributed by atoms with van der Waals surface area (Å²) in [6.07, 6.45) is 11.0. The fourth-order valence-corrected chi connectivity index (χ4v) is 3.96. The molecule has 0 aromatic heterocycles. The summed E-state index contributed by atoms with van der Waals surface area (Å²) < 4.78 is 0. The van der Waals surface area contributed by atoms with E-state index in [9.17, 15) is 5.11 Å². The fourth-order valence-electron chi connectivity index (χ4n) is 3.96. The lowest BCUT2D eigenvalue weighted by Crippen LogP contribution is -2.58. The largest absolute Gasteiger partial charge is 0.377 e. The van der Waals surface area contributed by atoms with Gasteiger partial charge in [-0.1, -0.05) is 31.9 Å². The fraction of sp³-hybridized carbons (Fsp3) is 0.733. The lowest BCUT2D eigenvalue weighted by molar-refractivity contribution is -0.130. The molecule has 4 atom stereocenters. The van der Waals surface area contributed by atoms with Crippen LogP contribution in [0.25, 0.3) is 0 Å². The Morgan fingerprint density at radius 2 is 2.19 bits per heavy atom. The molecular formula is C15H22O. The number of hydrogen-bond donors (Lipinski definition) is 1. The number of fused-ring (bicyclic) bond motifs is 1. The van der Waals surface area contributed by atoms with Gasteiger partial charge in [-0.05, 0) is 43.9 Å². The van der Waals surface area contributed by atoms with Gasteiger partial charge in [0.25, 0.3) is 0 Å². The predicted molar refractivity (Wildman–Crippen MR) is 66.8 cm³/mol. The minimum Gasteiger partial charge on any atom is -0.377 e. The first-order valence-electron chi connectivity index (χ1n) is 6.33. The van der Waals surface area contributed by atoms with Crippen LogP contribution in [0.4, 0.5) is 0 Å². The van der Waals surface area contributed by atoms with Gasteiger partial charge in [-0.15, -0.1) is 6.42 Å². The summed E-state index contributed by atoms with van der Waals surface area (Å²) in [5, 5.41) is 10.8. The number of hydrogen-bond acceptors (Lipinski definition) is 1. The highest BCUT2D eigenvalue weighted by Gasteiger charge is 2.57. The Labute approximate surface area is 98.9 Å². The molecule has 1 N–H and O–H groups in total. The van der Waals surface area contributed by atoms with Gasteiger partial charge >= 0.3 is 0 Å². The van der Waals surface area contributed by atoms with Crippen molar-refractivity contribution in [1.82, 2.24) is 0 Å². The van der Waals surface area contributed by atoms with Crippen LogP contribution in [0.15, 0.2) is 12.2 Å². The Kier molecular flexibility index (Phi) is 2.67. The highest BCUT2D eigenvalue weighted by atomic mass is 16.3. The van der Waals surface area contributed by atoms with Gasteiger partial charge in [-0.25, -0.2) is 0 Å². The monoisotopic (exact) mass is 218 g/mol. The minimum atomic E-state index is -0.945. The summed E-state index contributed by atoms with van der Waals surface area (Å²) in [6, 6.07) is 0. The summed E-state index contributed by atoms with van der Waals surface area (Å²) in [5.41, 5.74) is 0.197. The van der Waals surface area contributed by atoms with Gasteiger partial charge < -0.3 is 5.11 Å². The molecule has 0 aliphatic heterocycles. The molecule has 88 valence electrons. The van der Waals surface area contributed by atoms with Crippen molar-refractivity contribution >= 4 is 0 Å². The van der Waals surface area contributed by atoms with E-state index in [1.807, 2.05) is 0 Å². The molecule has 0 saturated heterocycles. The van der Waals surface area contributed by atoms with Crippen LogP contribution in [-0.2, 0) is 0 Å². The molecule has 0 aromatic rings. The zero-order valence-electron chi connectivity index (χ0n) is 10.4. The number of terminal acetylenes is 1. The molecule has 0 bridgehead atoms. The first kappa shape index (κ1) is 11.7. The summed E-state index contributed by atoms with van der Waals surface area (Å²) in [5.74, 6) is 3.32. The second kappa shape index (κ2) is 3.64. The van der Waals surface area contributed by atoms with E-state index in [-0.39, 0.29) is 11.3 Å². The first-order chi connectivity index (χ1) is 7.45. The van der Waals surface area contributed by atoms with Crippen molar-refractivity contribution in [3.8, 4) is 12.3 Å². The molecule has 0 heterocycles. The summed E-state index contributed by atoms with van der Waals surface area (Å²) >= 11 is 0. The SMILES string of the molecule is C#CC1(O)C(C)CC[C@H]2C(=C)CCC[C@@]21C. The molecule has 0 aromatic carbocycles. The van der Waals surface area contributed by atoms with Crippen LogP contribution in [0, 0.1) is 29.6 Å². The lowest BCUT2D eigenvalue weighted by Gasteiger charge is -2.56. The molecular weight excluding hydrogens is 196 g/mol. The van der Waals surface area contributed by atoms with Gasteiger partial charge in [0.15, 0.2) is 0 Å². The third kappa shape index (κ3) is 1.29. The smallest absolute Gasteiger partial charge is 0.133 e. The molecule has 2 aliphatic carbocycles. The van der Waals surface area contributed by atoms with E-state index in [2.05, 4.69) is 26.3 Å². The van der Waals surface area contributed by atoms with E-state index < -0.39 is 5.60 Å². The maximum absolute atomic E-state index is 10.8. The van der Waals surface area contributed by atoms with Crippen molar-refractivity contribution in [3.05, 3.63) is 12.2 Å². The summed E-state index contributed by atoms with van der Waals surface area (Å²) in [4.78, 5) is 0. The van der Waals surface area contributed by atoms with Crippen LogP contribution >= 0.6 is 0 Å². The summed E-state index contributed by atoms with van der Waals surface area (Å²) in [6.45, 7) is 8.44. The molecule has 2 fully saturated rings. The van der Waals surface area contributed by atoms with E-state index in [1.165, 1.54) is 5.57 Å². The van der Waals surface area contributed by atoms with Crippen molar-refractivity contribution < 1.29 is 5.11 Å². The highest BCUT2D eigenvalue weighted by molar-refractivity contribution is 5.26. The molecule has 0 spiro atoms. The standard InChI is InChI=1S/C15H22O/c1-5-15(16)12(3)8-9-13-11(2)7-6-10-14(13,15)4/h1,12-13,16H,2,6-10H2,3-4H3/t12?,13-,14-,15?/m0/s1. The van der Waals surface area contributed by atoms with E-state index in [0.29, 0.717) is 5.92 Å². The van der Waals surface area contributed by atoms with Gasteiger partial charge in [0, 0.05) is 5.41 Å². The van der Waals surface area contributed by atoms with Crippen molar-refractivity contribution in [1.29, 1.82) is 0 Å². The summed E-state index contributed by atoms with van der Waals surface area (Å²) in [7, 11) is 0. The topological polar surface area (TPSA) is 20.2 Å². The third-order valence-corrected chi connectivity index (χ3v) is 5.15. The molecule has 2 aliphatic rings. The number of rotatable bonds is 0. The molecule has 16 heavy (non-hydrogen) atoms. The van der Waals surface area contributed by atoms with Crippen LogP contribution in [-0.4, -0.2) is 10.7 Å². The molecule has 1 heteroatoms. The van der Waals surface area contributed by atoms with Gasteiger partial charge in [-0.2, -0.15) is 0 Å². The second-order valence-corrected chi connectivity index (χ2v) is 5.87. The maximum Gasteiger partial charge on any atom is 0.133 e. The predicted octanol–water partition coefficient (Wildman–Crippen LogP) is 3.14. The average molecular weight is 218 g/mol. The molecule has 2 rings (SSSR count). The third-order valence-electron chi connectivity index (χ3n) is 5.15. The van der Waals surface area contributed by atoms with E-state index in [0.717, 1.165) is 32.1 Å². The van der Waals surface area contributed by atoms with Crippen LogP contribution < -0.4 is 0 Å². The van der Waals surface area contributed by atoms with Gasteiger partial charge in [0.05, 0.1) is 0 Å². The lowest BCUT2D eigenvalue weighted by atomic mass is 9.50. The number of allylic oxidation sites excluding steroid dienone is 1. The van der Waals surface area contributed by atoms with E-state index >= 15 is 0 Å². The number of aliphatic hydroxyl groups is 1. The van der Waals surface area contributed by atoms with Crippen molar-refractivity contribution in [2.24, 2.45) is 17.3 Å². The van der Waals surface area contributed by atoms with Gasteiger partial charge in [-0.3, -0.25) is 0 Å². The van der Waals surface area contributed by atoms with Crippen LogP contribution in [0.3, 0.4) is 0 Å². The Hall–Kier alpha value is -0.740. The van der Waals surface area contributed by atoms with Crippen LogP contribution in [0.5, 0.6) is 0 Å². The molecule has 2 unspecified atom stereocenters. The first-order valence-corrected chi connectivity index (χ1v) is 6.33. The second-order valence-electron chi connectivity index (χ2n) is 5.87. The minimum absolute atomic E-state index is 0.158. The maximum atomic E-state index is 10.8. The Bertz CT molecular complexity index is 351. The van der Waals surface area contributed by atoms with E-state index in [4.69, 9.17) is 6.42 Å². The highest BCUT2D eigenvalue weighted by Crippen LogP contribution is 2.58. The van der Waals surface area contributed by atoms with Crippen molar-refractivity contribution in [3.63, 3.8) is 0 Å². The van der Waals surface area contributed by atoms with Crippen molar-refractivity contribution in [2.45, 2.75) is 51.6 Å². The molecule has 1 nitrogen and oxygen atoms in total. The quantitative estimate of drug-likeness (QED) is 0.489. The Balaban J connectivity index is 2.45. The Morgan fingerprint density at radius 3 is 2.81 bits per heavy atom. The van der Waals surface area contributed by atoms with Crippen molar-refractivity contribution in [2.75, 3.05) is 0 Å². The van der Waals surface area contributed by atoms with Gasteiger partial charge in [0.2, 0.25) is 0 Å². The zero-order valence-corrected chi connectivity index (χ0v) is 10.4. The van der Waals surface area contributed by atoms with Gasteiger partial charge in [0.1, 0.15) is 5.60 Å². The van der Waals surface area contributed by atoms with Crippen LogP contribution in [0.2, 0.25) is 0 Å². The molecule has 0 amide bonds. The average Bonchev–Trinajstić information content (AvgIpc) is 2.25. The van der Waals surface area contributed by atoms with E-state index in [1.54, 1.807) is 0 Å². The molecule has 0 radical (unpaired) electrons. The zero-order chi connectivity index (χ0) is 12.0. The molecule has 2 saturated carbocycles. The normalized spacial score (nSPS) is 48.2.